The van der Waals surface area contributed by atoms with E-state index in [0.29, 0.717) is 5.69 Å². The Hall–Kier alpha value is -1.58. The van der Waals surface area contributed by atoms with Crippen LogP contribution in [0, 0.1) is 24.7 Å². The zero-order chi connectivity index (χ0) is 13.4. The van der Waals surface area contributed by atoms with Crippen LogP contribution >= 0.6 is 0 Å². The summed E-state index contributed by atoms with van der Waals surface area (Å²) in [4.78, 5) is 15.3. The molecule has 0 saturated heterocycles. The Morgan fingerprint density at radius 2 is 2.00 bits per heavy atom. The second-order valence-corrected chi connectivity index (χ2v) is 5.85. The number of rotatable bonds is 6. The summed E-state index contributed by atoms with van der Waals surface area (Å²) in [6, 6.07) is 3.41. The number of anilines is 1. The van der Waals surface area contributed by atoms with E-state index in [1.165, 1.54) is 25.7 Å². The summed E-state index contributed by atoms with van der Waals surface area (Å²) in [5, 5.41) is 12.4. The van der Waals surface area contributed by atoms with E-state index in [0.717, 1.165) is 30.1 Å². The number of pyridine rings is 1. The molecule has 0 bridgehead atoms. The van der Waals surface area contributed by atoms with Crippen LogP contribution in [0.5, 0.6) is 0 Å². The number of carbonyl (C=O) groups is 1. The first-order valence-corrected chi connectivity index (χ1v) is 7.10. The van der Waals surface area contributed by atoms with Crippen molar-refractivity contribution in [2.24, 2.45) is 17.8 Å². The van der Waals surface area contributed by atoms with Crippen LogP contribution in [0.2, 0.25) is 0 Å². The Morgan fingerprint density at radius 1 is 1.37 bits per heavy atom. The summed E-state index contributed by atoms with van der Waals surface area (Å²) in [6.45, 7) is 2.72. The third kappa shape index (κ3) is 2.88. The summed E-state index contributed by atoms with van der Waals surface area (Å²) >= 11 is 0. The molecule has 0 atom stereocenters. The standard InChI is InChI=1S/C15H20N2O2/c1-9-12(15(18)19)6-7-14(17-9)16-8-13(10-2-3-10)11-4-5-11/h6-7,10-11,13H,2-5,8H2,1H3,(H,16,17)(H,18,19). The molecule has 2 aliphatic carbocycles. The minimum Gasteiger partial charge on any atom is -0.478 e. The number of hydrogen-bond donors (Lipinski definition) is 2. The van der Waals surface area contributed by atoms with Gasteiger partial charge in [0.1, 0.15) is 5.82 Å². The second kappa shape index (κ2) is 4.83. The molecule has 0 aromatic carbocycles. The molecule has 1 aromatic heterocycles. The molecule has 2 N–H and O–H groups in total. The number of aryl methyl sites for hydroxylation is 1. The van der Waals surface area contributed by atoms with Crippen molar-refractivity contribution >= 4 is 11.8 Å². The van der Waals surface area contributed by atoms with Crippen molar-refractivity contribution in [3.8, 4) is 0 Å². The van der Waals surface area contributed by atoms with Crippen LogP contribution in [0.4, 0.5) is 5.82 Å². The molecule has 2 aliphatic rings. The van der Waals surface area contributed by atoms with Crippen LogP contribution in [0.3, 0.4) is 0 Å². The van der Waals surface area contributed by atoms with Crippen molar-refractivity contribution in [3.05, 3.63) is 23.4 Å². The van der Waals surface area contributed by atoms with Crippen LogP contribution < -0.4 is 5.32 Å². The smallest absolute Gasteiger partial charge is 0.337 e. The lowest BCUT2D eigenvalue weighted by Gasteiger charge is -2.17. The van der Waals surface area contributed by atoms with Gasteiger partial charge in [-0.3, -0.25) is 0 Å². The fourth-order valence-electron chi connectivity index (χ4n) is 2.87. The van der Waals surface area contributed by atoms with Gasteiger partial charge in [0.2, 0.25) is 0 Å². The number of carboxylic acids is 1. The first-order valence-electron chi connectivity index (χ1n) is 7.10. The lowest BCUT2D eigenvalue weighted by Crippen LogP contribution is -2.19. The molecule has 3 rings (SSSR count). The number of carboxylic acid groups (broad SMARTS) is 1. The van der Waals surface area contributed by atoms with E-state index in [1.54, 1.807) is 19.1 Å². The van der Waals surface area contributed by atoms with Crippen LogP contribution in [-0.2, 0) is 0 Å². The molecule has 4 nitrogen and oxygen atoms in total. The van der Waals surface area contributed by atoms with Crippen molar-refractivity contribution in [3.63, 3.8) is 0 Å². The van der Waals surface area contributed by atoms with Crippen LogP contribution in [-0.4, -0.2) is 22.6 Å². The van der Waals surface area contributed by atoms with E-state index < -0.39 is 5.97 Å². The van der Waals surface area contributed by atoms with Gasteiger partial charge in [-0.1, -0.05) is 0 Å². The fourth-order valence-corrected chi connectivity index (χ4v) is 2.87. The minimum atomic E-state index is -0.912. The van der Waals surface area contributed by atoms with Crippen molar-refractivity contribution < 1.29 is 9.90 Å². The first-order chi connectivity index (χ1) is 9.15. The normalized spacial score (nSPS) is 18.6. The molecule has 19 heavy (non-hydrogen) atoms. The highest BCUT2D eigenvalue weighted by molar-refractivity contribution is 5.89. The Bertz CT molecular complexity index is 481. The predicted molar refractivity (Wildman–Crippen MR) is 73.4 cm³/mol. The molecular formula is C15H20N2O2. The lowest BCUT2D eigenvalue weighted by atomic mass is 9.98. The minimum absolute atomic E-state index is 0.284. The molecular weight excluding hydrogens is 240 g/mol. The Morgan fingerprint density at radius 3 is 2.47 bits per heavy atom. The second-order valence-electron chi connectivity index (χ2n) is 5.85. The van der Waals surface area contributed by atoms with Crippen molar-refractivity contribution in [1.29, 1.82) is 0 Å². The molecule has 102 valence electrons. The molecule has 0 amide bonds. The molecule has 0 aliphatic heterocycles. The lowest BCUT2D eigenvalue weighted by molar-refractivity contribution is 0.0695. The highest BCUT2D eigenvalue weighted by Gasteiger charge is 2.41. The van der Waals surface area contributed by atoms with Gasteiger partial charge in [0.05, 0.1) is 11.3 Å². The maximum absolute atomic E-state index is 10.9. The quantitative estimate of drug-likeness (QED) is 0.825. The molecule has 2 fully saturated rings. The molecule has 0 radical (unpaired) electrons. The third-order valence-electron chi connectivity index (χ3n) is 4.29. The molecule has 0 unspecified atom stereocenters. The number of aromatic carboxylic acids is 1. The van der Waals surface area contributed by atoms with Crippen LogP contribution in [0.1, 0.15) is 41.7 Å². The summed E-state index contributed by atoms with van der Waals surface area (Å²) in [7, 11) is 0. The topological polar surface area (TPSA) is 62.2 Å². The average Bonchev–Trinajstić information content (AvgIpc) is 3.23. The highest BCUT2D eigenvalue weighted by atomic mass is 16.4. The molecule has 0 spiro atoms. The fraction of sp³-hybridized carbons (Fsp3) is 0.600. The Balaban J connectivity index is 1.63. The van der Waals surface area contributed by atoms with Gasteiger partial charge in [0.15, 0.2) is 0 Å². The number of nitrogens with one attached hydrogen (secondary N) is 1. The Kier molecular flexibility index (Phi) is 3.17. The summed E-state index contributed by atoms with van der Waals surface area (Å²) in [6.07, 6.45) is 5.53. The van der Waals surface area contributed by atoms with E-state index in [2.05, 4.69) is 10.3 Å². The van der Waals surface area contributed by atoms with E-state index >= 15 is 0 Å². The monoisotopic (exact) mass is 260 g/mol. The van der Waals surface area contributed by atoms with Gasteiger partial charge in [-0.15, -0.1) is 0 Å². The first kappa shape index (κ1) is 12.5. The van der Waals surface area contributed by atoms with Gasteiger partial charge in [-0.05, 0) is 62.5 Å². The summed E-state index contributed by atoms with van der Waals surface area (Å²) in [5.74, 6) is 2.51. The zero-order valence-electron chi connectivity index (χ0n) is 11.2. The maximum Gasteiger partial charge on any atom is 0.337 e. The number of aromatic nitrogens is 1. The predicted octanol–water partition coefficient (Wildman–Crippen LogP) is 2.94. The largest absolute Gasteiger partial charge is 0.478 e. The van der Waals surface area contributed by atoms with Gasteiger partial charge in [-0.2, -0.15) is 0 Å². The van der Waals surface area contributed by atoms with Gasteiger partial charge >= 0.3 is 5.97 Å². The van der Waals surface area contributed by atoms with Crippen LogP contribution in [0.15, 0.2) is 12.1 Å². The van der Waals surface area contributed by atoms with Crippen molar-refractivity contribution in [2.75, 3.05) is 11.9 Å². The number of hydrogen-bond acceptors (Lipinski definition) is 3. The molecule has 1 heterocycles. The highest BCUT2D eigenvalue weighted by Crippen LogP contribution is 2.49. The third-order valence-corrected chi connectivity index (χ3v) is 4.29. The van der Waals surface area contributed by atoms with E-state index in [-0.39, 0.29) is 5.56 Å². The zero-order valence-corrected chi connectivity index (χ0v) is 11.2. The van der Waals surface area contributed by atoms with Crippen molar-refractivity contribution in [1.82, 2.24) is 4.98 Å². The van der Waals surface area contributed by atoms with Gasteiger partial charge in [0.25, 0.3) is 0 Å². The number of nitrogens with zero attached hydrogens (tertiary/aromatic N) is 1. The summed E-state index contributed by atoms with van der Waals surface area (Å²) in [5.41, 5.74) is 0.860. The van der Waals surface area contributed by atoms with Gasteiger partial charge in [-0.25, -0.2) is 9.78 Å². The van der Waals surface area contributed by atoms with E-state index in [4.69, 9.17) is 5.11 Å². The molecule has 1 aromatic rings. The molecule has 4 heteroatoms. The van der Waals surface area contributed by atoms with Gasteiger partial charge in [0, 0.05) is 6.54 Å². The van der Waals surface area contributed by atoms with Gasteiger partial charge < -0.3 is 10.4 Å². The maximum atomic E-state index is 10.9. The summed E-state index contributed by atoms with van der Waals surface area (Å²) < 4.78 is 0. The Labute approximate surface area is 113 Å². The average molecular weight is 260 g/mol. The van der Waals surface area contributed by atoms with Crippen molar-refractivity contribution in [2.45, 2.75) is 32.6 Å². The van der Waals surface area contributed by atoms with E-state index in [1.807, 2.05) is 0 Å². The van der Waals surface area contributed by atoms with Crippen LogP contribution in [0.25, 0.3) is 0 Å². The van der Waals surface area contributed by atoms with E-state index in [9.17, 15) is 4.79 Å². The SMILES string of the molecule is Cc1nc(NCC(C2CC2)C2CC2)ccc1C(=O)O. The molecule has 2 saturated carbocycles.